The van der Waals surface area contributed by atoms with E-state index in [9.17, 15) is 36.5 Å². The number of nitrogens with one attached hydrogen (secondary N) is 4. The summed E-state index contributed by atoms with van der Waals surface area (Å²) in [6.45, 7) is -1.40. The van der Waals surface area contributed by atoms with Crippen molar-refractivity contribution in [2.75, 3.05) is 33.9 Å². The van der Waals surface area contributed by atoms with E-state index in [1.165, 1.54) is 87.0 Å². The van der Waals surface area contributed by atoms with Crippen LogP contribution in [0.15, 0.2) is 82.6 Å². The van der Waals surface area contributed by atoms with Crippen LogP contribution in [0, 0.1) is 10.1 Å². The number of carbonyl (C=O) groups is 2. The van der Waals surface area contributed by atoms with E-state index in [-0.39, 0.29) is 90.4 Å². The zero-order valence-electron chi connectivity index (χ0n) is 27.7. The van der Waals surface area contributed by atoms with Crippen LogP contribution in [0.4, 0.5) is 5.69 Å². The number of amides is 2. The predicted octanol–water partition coefficient (Wildman–Crippen LogP) is -5.05. The summed E-state index contributed by atoms with van der Waals surface area (Å²) in [7, 11) is -5.18. The maximum atomic E-state index is 12.7. The number of hydrogen-bond donors (Lipinski definition) is 4. The summed E-state index contributed by atoms with van der Waals surface area (Å²) < 4.78 is 64.6. The first-order valence-corrected chi connectivity index (χ1v) is 15.9. The van der Waals surface area contributed by atoms with Gasteiger partial charge in [0.15, 0.2) is 0 Å². The van der Waals surface area contributed by atoms with Crippen LogP contribution in [0.5, 0.6) is 11.5 Å². The summed E-state index contributed by atoms with van der Waals surface area (Å²) in [4.78, 5) is 35.5. The van der Waals surface area contributed by atoms with Gasteiger partial charge in [0, 0.05) is 18.7 Å². The van der Waals surface area contributed by atoms with Gasteiger partial charge in [0.2, 0.25) is 31.9 Å². The number of rotatable bonds is 16. The third-order valence-corrected chi connectivity index (χ3v) is 8.96. The Bertz CT molecular complexity index is 1690. The Morgan fingerprint density at radius 2 is 1.20 bits per heavy atom. The topological polar surface area (TPSA) is 212 Å². The van der Waals surface area contributed by atoms with Gasteiger partial charge in [-0.3, -0.25) is 19.7 Å². The molecule has 0 radical (unpaired) electrons. The smallest absolute Gasteiger partial charge is 1.00 e. The molecule has 240 valence electrons. The van der Waals surface area contributed by atoms with Gasteiger partial charge in [-0.05, 0) is 60.5 Å². The second kappa shape index (κ2) is 19.3. The Balaban J connectivity index is 0. The monoisotopic (exact) mass is 697 g/mol. The summed E-state index contributed by atoms with van der Waals surface area (Å²) in [5.41, 5.74) is 0.439. The van der Waals surface area contributed by atoms with E-state index < -0.39 is 55.9 Å². The number of methoxy groups -OCH3 is 2. The molecule has 0 saturated heterocycles. The van der Waals surface area contributed by atoms with Crippen LogP contribution in [0.1, 0.15) is 8.42 Å². The molecule has 1 unspecified atom stereocenters. The van der Waals surface area contributed by atoms with E-state index in [2.05, 4.69) is 20.1 Å². The van der Waals surface area contributed by atoms with Crippen LogP contribution in [0.25, 0.3) is 0 Å². The van der Waals surface area contributed by atoms with Crippen molar-refractivity contribution in [2.45, 2.75) is 22.3 Å². The van der Waals surface area contributed by atoms with Gasteiger partial charge >= 0.3 is 59.1 Å². The van der Waals surface area contributed by atoms with Crippen LogP contribution in [-0.4, -0.2) is 73.5 Å². The number of nitrogens with zero attached hydrogens (tertiary/aromatic N) is 1. The van der Waals surface area contributed by atoms with Crippen molar-refractivity contribution >= 4 is 37.5 Å². The van der Waals surface area contributed by atoms with Crippen LogP contribution >= 0.6 is 0 Å². The van der Waals surface area contributed by atoms with Gasteiger partial charge in [0.05, 0.1) is 48.1 Å². The minimum Gasteiger partial charge on any atom is -1.00 e. The Hall–Kier alpha value is -2.58. The second-order valence-electron chi connectivity index (χ2n) is 9.20. The zero-order valence-corrected chi connectivity index (χ0v) is 31.3. The van der Waals surface area contributed by atoms with Crippen molar-refractivity contribution < 1.29 is 103 Å². The van der Waals surface area contributed by atoms with E-state index >= 15 is 0 Å². The van der Waals surface area contributed by atoms with Gasteiger partial charge in [-0.1, -0.05) is 12.1 Å². The molecule has 15 nitrogen and oxygen atoms in total. The summed E-state index contributed by atoms with van der Waals surface area (Å²) in [5, 5.41) is 16.1. The molecule has 4 N–H and O–H groups in total. The van der Waals surface area contributed by atoms with Gasteiger partial charge < -0.3 is 23.0 Å². The average molecular weight is 698 g/mol. The van der Waals surface area contributed by atoms with Crippen molar-refractivity contribution in [2.24, 2.45) is 0 Å². The SMILES string of the molecule is COc1ccc(S(=O)(=O)NCC(=O)NCC(Cc2ccc([N+](=O)[O-])cc2)NC(=O)CNS(=O)(=O)c2ccc(OC)cc2)cc1.[H-].[H-].[Na+].[Na+]. The standard InChI is InChI=1S/C27H31N5O10S2.2Na.2H/c1-41-22-7-11-24(12-8-22)43(37,38)29-17-26(33)28-16-20(15-19-3-5-21(6-4-19)32(35)36)31-27(34)18-30-44(39,40)25-13-9-23(42-2)10-14-25;;;;/h3-14,20,29-30H,15-18H2,1-2H3,(H,28,33)(H,31,34);;;;/q;2*+1;2*-1. The van der Waals surface area contributed by atoms with Crippen molar-refractivity contribution in [1.29, 1.82) is 0 Å². The van der Waals surface area contributed by atoms with Crippen LogP contribution < -0.4 is 88.7 Å². The molecule has 0 saturated carbocycles. The molecule has 0 aliphatic carbocycles. The first kappa shape index (κ1) is 41.4. The molecular formula is C27H33N5Na2O10S2. The molecule has 46 heavy (non-hydrogen) atoms. The molecule has 0 heterocycles. The molecule has 0 aromatic heterocycles. The first-order valence-electron chi connectivity index (χ1n) is 12.9. The van der Waals surface area contributed by atoms with Crippen LogP contribution in [0.2, 0.25) is 0 Å². The fourth-order valence-corrected chi connectivity index (χ4v) is 5.75. The van der Waals surface area contributed by atoms with E-state index in [1.807, 2.05) is 0 Å². The number of benzene rings is 3. The Kier molecular flexibility index (Phi) is 17.4. The maximum Gasteiger partial charge on any atom is 1.00 e. The number of carbonyl (C=O) groups excluding carboxylic acids is 2. The van der Waals surface area contributed by atoms with E-state index in [0.29, 0.717) is 17.1 Å². The van der Waals surface area contributed by atoms with Crippen molar-refractivity contribution in [3.05, 3.63) is 88.5 Å². The molecule has 3 aromatic carbocycles. The minimum atomic E-state index is -4.03. The number of non-ortho nitro benzene ring substituents is 1. The fourth-order valence-electron chi connectivity index (χ4n) is 3.79. The third-order valence-electron chi connectivity index (χ3n) is 6.12. The minimum absolute atomic E-state index is 0. The van der Waals surface area contributed by atoms with E-state index in [0.717, 1.165) is 0 Å². The van der Waals surface area contributed by atoms with E-state index in [4.69, 9.17) is 9.47 Å². The van der Waals surface area contributed by atoms with Crippen molar-refractivity contribution in [1.82, 2.24) is 20.1 Å². The second-order valence-corrected chi connectivity index (χ2v) is 12.7. The molecule has 0 spiro atoms. The normalized spacial score (nSPS) is 11.6. The Morgan fingerprint density at radius 1 is 0.761 bits per heavy atom. The van der Waals surface area contributed by atoms with Gasteiger partial charge in [-0.2, -0.15) is 0 Å². The van der Waals surface area contributed by atoms with Gasteiger partial charge in [-0.25, -0.2) is 26.3 Å². The number of hydrogen-bond acceptors (Lipinski definition) is 10. The number of ether oxygens (including phenoxy) is 2. The maximum absolute atomic E-state index is 12.7. The number of sulfonamides is 2. The van der Waals surface area contributed by atoms with Gasteiger partial charge in [0.25, 0.3) is 5.69 Å². The molecule has 2 amide bonds. The molecule has 0 aliphatic rings. The Labute approximate surface area is 314 Å². The summed E-state index contributed by atoms with van der Waals surface area (Å²) in [6, 6.07) is 15.8. The predicted molar refractivity (Wildman–Crippen MR) is 160 cm³/mol. The van der Waals surface area contributed by atoms with Gasteiger partial charge in [0.1, 0.15) is 11.5 Å². The Morgan fingerprint density at radius 3 is 1.61 bits per heavy atom. The van der Waals surface area contributed by atoms with Crippen molar-refractivity contribution in [3.63, 3.8) is 0 Å². The number of nitro benzene ring substituents is 1. The largest absolute Gasteiger partial charge is 1.00 e. The molecule has 3 rings (SSSR count). The summed E-state index contributed by atoms with van der Waals surface area (Å²) in [6.07, 6.45) is 0.104. The molecule has 3 aromatic rings. The third kappa shape index (κ3) is 12.9. The van der Waals surface area contributed by atoms with Crippen LogP contribution in [-0.2, 0) is 36.1 Å². The summed E-state index contributed by atoms with van der Waals surface area (Å²) in [5.74, 6) is -0.517. The number of nitro groups is 1. The molecule has 0 fully saturated rings. The molecule has 0 bridgehead atoms. The van der Waals surface area contributed by atoms with Crippen LogP contribution in [0.3, 0.4) is 0 Å². The molecule has 1 atom stereocenters. The molecule has 19 heteroatoms. The van der Waals surface area contributed by atoms with E-state index in [1.54, 1.807) is 0 Å². The zero-order chi connectivity index (χ0) is 32.3. The fraction of sp³-hybridized carbons (Fsp3) is 0.259. The quantitative estimate of drug-likeness (QED) is 0.0636. The molecule has 0 aliphatic heterocycles. The molecular weight excluding hydrogens is 664 g/mol. The average Bonchev–Trinajstić information content (AvgIpc) is 3.02. The summed E-state index contributed by atoms with van der Waals surface area (Å²) >= 11 is 0. The first-order chi connectivity index (χ1) is 20.8. The van der Waals surface area contributed by atoms with Gasteiger partial charge in [-0.15, -0.1) is 0 Å². The van der Waals surface area contributed by atoms with Crippen molar-refractivity contribution in [3.8, 4) is 11.5 Å².